The van der Waals surface area contributed by atoms with Crippen molar-refractivity contribution in [3.05, 3.63) is 66.2 Å². The van der Waals surface area contributed by atoms with Gasteiger partial charge in [-0.05, 0) is 31.0 Å². The maximum absolute atomic E-state index is 11.9. The first-order valence-electron chi connectivity index (χ1n) is 8.89. The van der Waals surface area contributed by atoms with Crippen LogP contribution in [-0.4, -0.2) is 24.4 Å². The van der Waals surface area contributed by atoms with Crippen LogP contribution in [0.2, 0.25) is 0 Å². The summed E-state index contributed by atoms with van der Waals surface area (Å²) in [7, 11) is 0. The van der Waals surface area contributed by atoms with E-state index in [9.17, 15) is 14.4 Å². The summed E-state index contributed by atoms with van der Waals surface area (Å²) < 4.78 is 4.96. The molecule has 2 aromatic rings. The molecule has 2 rings (SSSR count). The van der Waals surface area contributed by atoms with E-state index < -0.39 is 5.97 Å². The van der Waals surface area contributed by atoms with Gasteiger partial charge in [-0.3, -0.25) is 14.4 Å². The molecule has 0 saturated heterocycles. The summed E-state index contributed by atoms with van der Waals surface area (Å²) in [6.07, 6.45) is 0.657. The Balaban J connectivity index is 1.60. The van der Waals surface area contributed by atoms with Gasteiger partial charge in [0.1, 0.15) is 0 Å². The maximum Gasteiger partial charge on any atom is 0.306 e. The molecule has 0 saturated carbocycles. The first-order valence-corrected chi connectivity index (χ1v) is 8.89. The van der Waals surface area contributed by atoms with E-state index in [1.54, 1.807) is 12.1 Å². The van der Waals surface area contributed by atoms with Crippen LogP contribution < -0.4 is 10.6 Å². The van der Waals surface area contributed by atoms with Gasteiger partial charge in [0, 0.05) is 18.5 Å². The fourth-order valence-electron chi connectivity index (χ4n) is 2.46. The van der Waals surface area contributed by atoms with E-state index in [1.807, 2.05) is 55.5 Å². The van der Waals surface area contributed by atoms with Crippen LogP contribution >= 0.6 is 0 Å². The predicted octanol–water partition coefficient (Wildman–Crippen LogP) is 3.22. The second kappa shape index (κ2) is 10.8. The van der Waals surface area contributed by atoms with Crippen molar-refractivity contribution < 1.29 is 19.1 Å². The molecular formula is C21H24N2O4. The monoisotopic (exact) mass is 368 g/mol. The second-order valence-corrected chi connectivity index (χ2v) is 6.13. The zero-order chi connectivity index (χ0) is 19.5. The third kappa shape index (κ3) is 7.73. The number of anilines is 1. The summed E-state index contributed by atoms with van der Waals surface area (Å²) in [5.74, 6) is -1.02. The van der Waals surface area contributed by atoms with Crippen LogP contribution in [0.25, 0.3) is 0 Å². The van der Waals surface area contributed by atoms with Gasteiger partial charge in [-0.25, -0.2) is 0 Å². The minimum atomic E-state index is -0.495. The summed E-state index contributed by atoms with van der Waals surface area (Å²) in [5, 5.41) is 5.52. The van der Waals surface area contributed by atoms with Crippen LogP contribution in [0.5, 0.6) is 0 Å². The summed E-state index contributed by atoms with van der Waals surface area (Å²) in [4.78, 5) is 35.4. The van der Waals surface area contributed by atoms with Gasteiger partial charge in [0.15, 0.2) is 6.61 Å². The summed E-state index contributed by atoms with van der Waals surface area (Å²) in [6, 6.07) is 18.5. The van der Waals surface area contributed by atoms with Crippen LogP contribution in [0.1, 0.15) is 37.8 Å². The SMILES string of the molecule is C[C@H](NC(=O)COC(=O)CCCC(=O)Nc1ccccc1)c1ccccc1. The van der Waals surface area contributed by atoms with Crippen molar-refractivity contribution in [2.24, 2.45) is 0 Å². The van der Waals surface area contributed by atoms with E-state index in [-0.39, 0.29) is 37.3 Å². The minimum absolute atomic E-state index is 0.0870. The lowest BCUT2D eigenvalue weighted by atomic mass is 10.1. The van der Waals surface area contributed by atoms with Crippen molar-refractivity contribution in [3.63, 3.8) is 0 Å². The first-order chi connectivity index (χ1) is 13.0. The zero-order valence-corrected chi connectivity index (χ0v) is 15.3. The topological polar surface area (TPSA) is 84.5 Å². The lowest BCUT2D eigenvalue weighted by molar-refractivity contribution is -0.148. The minimum Gasteiger partial charge on any atom is -0.456 e. The Hall–Kier alpha value is -3.15. The molecule has 0 fully saturated rings. The normalized spacial score (nSPS) is 11.3. The summed E-state index contributed by atoms with van der Waals surface area (Å²) >= 11 is 0. The van der Waals surface area contributed by atoms with Gasteiger partial charge in [0.05, 0.1) is 6.04 Å². The number of amides is 2. The molecule has 6 nitrogen and oxygen atoms in total. The summed E-state index contributed by atoms with van der Waals surface area (Å²) in [6.45, 7) is 1.53. The van der Waals surface area contributed by atoms with Gasteiger partial charge in [0.25, 0.3) is 5.91 Å². The van der Waals surface area contributed by atoms with Crippen LogP contribution in [0.4, 0.5) is 5.69 Å². The highest BCUT2D eigenvalue weighted by Gasteiger charge is 2.12. The van der Waals surface area contributed by atoms with Crippen LogP contribution in [0, 0.1) is 0 Å². The Morgan fingerprint density at radius 1 is 0.889 bits per heavy atom. The largest absolute Gasteiger partial charge is 0.456 e. The van der Waals surface area contributed by atoms with E-state index in [1.165, 1.54) is 0 Å². The average molecular weight is 368 g/mol. The Morgan fingerprint density at radius 2 is 1.52 bits per heavy atom. The zero-order valence-electron chi connectivity index (χ0n) is 15.3. The Morgan fingerprint density at radius 3 is 2.19 bits per heavy atom. The van der Waals surface area contributed by atoms with Gasteiger partial charge >= 0.3 is 5.97 Å². The number of carbonyl (C=O) groups excluding carboxylic acids is 3. The standard InChI is InChI=1S/C21H24N2O4/c1-16(17-9-4-2-5-10-17)22-20(25)15-27-21(26)14-8-13-19(24)23-18-11-6-3-7-12-18/h2-7,9-12,16H,8,13-15H2,1H3,(H,22,25)(H,23,24)/t16-/m0/s1. The molecule has 0 aromatic heterocycles. The molecule has 6 heteroatoms. The molecule has 1 atom stereocenters. The molecule has 142 valence electrons. The molecule has 0 spiro atoms. The second-order valence-electron chi connectivity index (χ2n) is 6.13. The van der Waals surface area contributed by atoms with Gasteiger partial charge in [-0.15, -0.1) is 0 Å². The molecule has 0 aliphatic heterocycles. The van der Waals surface area contributed by atoms with Crippen molar-refractivity contribution in [2.45, 2.75) is 32.2 Å². The number of benzene rings is 2. The molecule has 27 heavy (non-hydrogen) atoms. The molecular weight excluding hydrogens is 344 g/mol. The number of nitrogens with one attached hydrogen (secondary N) is 2. The highest BCUT2D eigenvalue weighted by molar-refractivity contribution is 5.90. The molecule has 2 aromatic carbocycles. The van der Waals surface area contributed by atoms with E-state index in [4.69, 9.17) is 4.74 Å². The molecule has 2 N–H and O–H groups in total. The van der Waals surface area contributed by atoms with Gasteiger partial charge < -0.3 is 15.4 Å². The van der Waals surface area contributed by atoms with E-state index in [0.29, 0.717) is 12.1 Å². The predicted molar refractivity (Wildman–Crippen MR) is 103 cm³/mol. The van der Waals surface area contributed by atoms with Crippen molar-refractivity contribution in [2.75, 3.05) is 11.9 Å². The molecule has 0 aliphatic rings. The molecule has 0 radical (unpaired) electrons. The van der Waals surface area contributed by atoms with Crippen molar-refractivity contribution in [3.8, 4) is 0 Å². The Bertz CT molecular complexity index is 747. The van der Waals surface area contributed by atoms with E-state index in [0.717, 1.165) is 5.56 Å². The number of rotatable bonds is 9. The Labute approximate surface area is 158 Å². The lowest BCUT2D eigenvalue weighted by Crippen LogP contribution is -2.31. The third-order valence-electron chi connectivity index (χ3n) is 3.88. The van der Waals surface area contributed by atoms with Gasteiger partial charge in [0.2, 0.25) is 5.91 Å². The fourth-order valence-corrected chi connectivity index (χ4v) is 2.46. The van der Waals surface area contributed by atoms with E-state index >= 15 is 0 Å². The molecule has 0 bridgehead atoms. The third-order valence-corrected chi connectivity index (χ3v) is 3.88. The molecule has 0 unspecified atom stereocenters. The number of esters is 1. The first kappa shape index (κ1) is 20.2. The van der Waals surface area contributed by atoms with E-state index in [2.05, 4.69) is 10.6 Å². The number of para-hydroxylation sites is 1. The number of hydrogen-bond donors (Lipinski definition) is 2. The average Bonchev–Trinajstić information content (AvgIpc) is 2.68. The van der Waals surface area contributed by atoms with Crippen LogP contribution in [-0.2, 0) is 19.1 Å². The summed E-state index contributed by atoms with van der Waals surface area (Å²) in [5.41, 5.74) is 1.69. The molecule has 0 aliphatic carbocycles. The van der Waals surface area contributed by atoms with Gasteiger partial charge in [-0.1, -0.05) is 48.5 Å². The lowest BCUT2D eigenvalue weighted by Gasteiger charge is -2.14. The number of carbonyl (C=O) groups is 3. The number of ether oxygens (including phenoxy) is 1. The van der Waals surface area contributed by atoms with Gasteiger partial charge in [-0.2, -0.15) is 0 Å². The Kier molecular flexibility index (Phi) is 8.03. The van der Waals surface area contributed by atoms with Crippen LogP contribution in [0.3, 0.4) is 0 Å². The molecule has 2 amide bonds. The fraction of sp³-hybridized carbons (Fsp3) is 0.286. The van der Waals surface area contributed by atoms with Crippen molar-refractivity contribution in [1.82, 2.24) is 5.32 Å². The quantitative estimate of drug-likeness (QED) is 0.666. The van der Waals surface area contributed by atoms with Crippen LogP contribution in [0.15, 0.2) is 60.7 Å². The highest BCUT2D eigenvalue weighted by atomic mass is 16.5. The highest BCUT2D eigenvalue weighted by Crippen LogP contribution is 2.11. The molecule has 0 heterocycles. The smallest absolute Gasteiger partial charge is 0.306 e. The number of hydrogen-bond acceptors (Lipinski definition) is 4. The van der Waals surface area contributed by atoms with Crippen molar-refractivity contribution >= 4 is 23.5 Å². The van der Waals surface area contributed by atoms with Crippen molar-refractivity contribution in [1.29, 1.82) is 0 Å². The maximum atomic E-state index is 11.9.